The highest BCUT2D eigenvalue weighted by molar-refractivity contribution is 5.73. The van der Waals surface area contributed by atoms with Gasteiger partial charge in [0.2, 0.25) is 5.95 Å². The van der Waals surface area contributed by atoms with E-state index in [4.69, 9.17) is 15.0 Å². The summed E-state index contributed by atoms with van der Waals surface area (Å²) in [5.74, 6) is -3.21. The average Bonchev–Trinajstić information content (AvgIpc) is 2.48. The van der Waals surface area contributed by atoms with E-state index in [0.29, 0.717) is 5.95 Å². The molecule has 0 unspecified atom stereocenters. The van der Waals surface area contributed by atoms with Crippen LogP contribution in [0.3, 0.4) is 0 Å². The summed E-state index contributed by atoms with van der Waals surface area (Å²) in [6.45, 7) is 1.45. The van der Waals surface area contributed by atoms with Crippen LogP contribution in [0.5, 0.6) is 0 Å². The Kier molecular flexibility index (Phi) is 6.86. The van der Waals surface area contributed by atoms with E-state index in [1.807, 2.05) is 4.90 Å². The lowest BCUT2D eigenvalue weighted by molar-refractivity contribution is -0.192. The molecule has 1 fully saturated rings. The number of carbonyl (C=O) groups is 2. The van der Waals surface area contributed by atoms with Crippen molar-refractivity contribution in [1.82, 2.24) is 9.97 Å². The Morgan fingerprint density at radius 3 is 2.00 bits per heavy atom. The Morgan fingerprint density at radius 1 is 1.17 bits per heavy atom. The van der Waals surface area contributed by atoms with Crippen LogP contribution >= 0.6 is 0 Å². The molecule has 0 aliphatic carbocycles. The van der Waals surface area contributed by atoms with Gasteiger partial charge in [0.15, 0.2) is 5.82 Å². The highest BCUT2D eigenvalue weighted by Crippen LogP contribution is 2.22. The molecule has 0 aromatic carbocycles. The number of anilines is 1. The van der Waals surface area contributed by atoms with Gasteiger partial charge in [0.25, 0.3) is 0 Å². The maximum atomic E-state index is 12.7. The Bertz CT molecular complexity index is 557. The Morgan fingerprint density at radius 2 is 1.62 bits per heavy atom. The van der Waals surface area contributed by atoms with Crippen LogP contribution in [0.1, 0.15) is 19.3 Å². The Hall–Kier alpha value is -2.46. The molecular formula is C13H15F4N3O4. The lowest BCUT2D eigenvalue weighted by atomic mass is 9.94. The maximum Gasteiger partial charge on any atom is 0.490 e. The van der Waals surface area contributed by atoms with Gasteiger partial charge in [-0.05, 0) is 18.8 Å². The molecule has 0 amide bonds. The van der Waals surface area contributed by atoms with Crippen LogP contribution in [0, 0.1) is 11.7 Å². The monoisotopic (exact) mass is 353 g/mol. The Balaban J connectivity index is 0.000000351. The number of aromatic nitrogens is 2. The number of piperidine rings is 1. The van der Waals surface area contributed by atoms with E-state index in [2.05, 4.69) is 9.97 Å². The van der Waals surface area contributed by atoms with Crippen LogP contribution < -0.4 is 4.90 Å². The predicted octanol–water partition coefficient (Wildman–Crippen LogP) is 1.94. The van der Waals surface area contributed by atoms with Crippen LogP contribution in [0.15, 0.2) is 12.4 Å². The second-order valence-electron chi connectivity index (χ2n) is 5.03. The molecule has 1 aromatic rings. The zero-order chi connectivity index (χ0) is 18.3. The molecule has 1 aromatic heterocycles. The van der Waals surface area contributed by atoms with Crippen molar-refractivity contribution < 1.29 is 37.4 Å². The number of hydrogen-bond donors (Lipinski definition) is 2. The maximum absolute atomic E-state index is 12.7. The van der Waals surface area contributed by atoms with Crippen LogP contribution in [0.4, 0.5) is 23.5 Å². The smallest absolute Gasteiger partial charge is 0.481 e. The van der Waals surface area contributed by atoms with Crippen molar-refractivity contribution >= 4 is 17.9 Å². The summed E-state index contributed by atoms with van der Waals surface area (Å²) in [6, 6.07) is 0. The minimum absolute atomic E-state index is 0.220. The van der Waals surface area contributed by atoms with Crippen molar-refractivity contribution in [2.45, 2.75) is 25.4 Å². The number of carboxylic acids is 2. The molecule has 0 bridgehead atoms. The van der Waals surface area contributed by atoms with Crippen molar-refractivity contribution in [3.05, 3.63) is 18.2 Å². The van der Waals surface area contributed by atoms with Crippen molar-refractivity contribution in [3.8, 4) is 0 Å². The lowest BCUT2D eigenvalue weighted by Crippen LogP contribution is -2.35. The van der Waals surface area contributed by atoms with E-state index in [1.165, 1.54) is 0 Å². The van der Waals surface area contributed by atoms with Crippen LogP contribution in [0.25, 0.3) is 0 Å². The summed E-state index contributed by atoms with van der Waals surface area (Å²) in [6.07, 6.45) is -0.949. The standard InChI is InChI=1S/C11H14FN3O2.C2HF3O2/c12-9-6-13-11(14-7-9)15-3-1-8(2-4-15)5-10(16)17;3-2(4,5)1(6)7/h6-8H,1-5H2,(H,16,17);(H,6,7). The van der Waals surface area contributed by atoms with Crippen LogP contribution in [0.2, 0.25) is 0 Å². The number of aliphatic carboxylic acids is 2. The van der Waals surface area contributed by atoms with Gasteiger partial charge in [-0.3, -0.25) is 4.79 Å². The van der Waals surface area contributed by atoms with Gasteiger partial charge in [-0.25, -0.2) is 19.2 Å². The summed E-state index contributed by atoms with van der Waals surface area (Å²) in [4.78, 5) is 29.3. The fourth-order valence-corrected chi connectivity index (χ4v) is 2.05. The second kappa shape index (κ2) is 8.41. The molecule has 24 heavy (non-hydrogen) atoms. The number of nitrogens with zero attached hydrogens (tertiary/aromatic N) is 3. The zero-order valence-electron chi connectivity index (χ0n) is 12.3. The van der Waals surface area contributed by atoms with Gasteiger partial charge in [0.1, 0.15) is 0 Å². The van der Waals surface area contributed by atoms with E-state index in [1.54, 1.807) is 0 Å². The summed E-state index contributed by atoms with van der Waals surface area (Å²) in [5, 5.41) is 15.8. The van der Waals surface area contributed by atoms with Gasteiger partial charge in [0, 0.05) is 19.5 Å². The molecule has 2 N–H and O–H groups in total. The molecule has 2 rings (SSSR count). The third kappa shape index (κ3) is 6.75. The van der Waals surface area contributed by atoms with Gasteiger partial charge < -0.3 is 15.1 Å². The highest BCUT2D eigenvalue weighted by atomic mass is 19.4. The summed E-state index contributed by atoms with van der Waals surface area (Å²) in [7, 11) is 0. The van der Waals surface area contributed by atoms with Crippen molar-refractivity contribution in [3.63, 3.8) is 0 Å². The molecule has 0 saturated carbocycles. The SMILES string of the molecule is O=C(O)C(F)(F)F.O=C(O)CC1CCN(c2ncc(F)cn2)CC1. The molecule has 134 valence electrons. The van der Waals surface area contributed by atoms with Crippen molar-refractivity contribution in [2.75, 3.05) is 18.0 Å². The van der Waals surface area contributed by atoms with Gasteiger partial charge in [-0.1, -0.05) is 0 Å². The first kappa shape index (κ1) is 19.6. The first-order valence-corrected chi connectivity index (χ1v) is 6.84. The molecule has 1 aliphatic heterocycles. The first-order chi connectivity index (χ1) is 11.1. The quantitative estimate of drug-likeness (QED) is 0.800. The van der Waals surface area contributed by atoms with Crippen LogP contribution in [-0.4, -0.2) is 51.4 Å². The molecule has 0 spiro atoms. The number of rotatable bonds is 3. The number of halogens is 4. The topological polar surface area (TPSA) is 104 Å². The minimum Gasteiger partial charge on any atom is -0.481 e. The second-order valence-corrected chi connectivity index (χ2v) is 5.03. The Labute approximate surface area is 133 Å². The molecule has 1 aliphatic rings. The fraction of sp³-hybridized carbons (Fsp3) is 0.538. The number of alkyl halides is 3. The molecule has 2 heterocycles. The largest absolute Gasteiger partial charge is 0.490 e. The molecule has 7 nitrogen and oxygen atoms in total. The third-order valence-corrected chi connectivity index (χ3v) is 3.21. The molecule has 0 atom stereocenters. The first-order valence-electron chi connectivity index (χ1n) is 6.84. The van der Waals surface area contributed by atoms with E-state index < -0.39 is 23.9 Å². The number of carboxylic acid groups (broad SMARTS) is 2. The number of hydrogen-bond acceptors (Lipinski definition) is 5. The molecule has 0 radical (unpaired) electrons. The van der Waals surface area contributed by atoms with E-state index in [9.17, 15) is 22.4 Å². The normalized spacial score (nSPS) is 15.4. The lowest BCUT2D eigenvalue weighted by Gasteiger charge is -2.31. The fourth-order valence-electron chi connectivity index (χ4n) is 2.05. The van der Waals surface area contributed by atoms with E-state index in [0.717, 1.165) is 38.3 Å². The van der Waals surface area contributed by atoms with Gasteiger partial charge in [-0.2, -0.15) is 13.2 Å². The molecular weight excluding hydrogens is 338 g/mol. The van der Waals surface area contributed by atoms with E-state index in [-0.39, 0.29) is 12.3 Å². The highest BCUT2D eigenvalue weighted by Gasteiger charge is 2.38. The van der Waals surface area contributed by atoms with E-state index >= 15 is 0 Å². The predicted molar refractivity (Wildman–Crippen MR) is 72.9 cm³/mol. The summed E-state index contributed by atoms with van der Waals surface area (Å²) in [5.41, 5.74) is 0. The van der Waals surface area contributed by atoms with Gasteiger partial charge >= 0.3 is 18.1 Å². The van der Waals surface area contributed by atoms with Crippen LogP contribution in [-0.2, 0) is 9.59 Å². The van der Waals surface area contributed by atoms with Gasteiger partial charge in [-0.15, -0.1) is 0 Å². The summed E-state index contributed by atoms with van der Waals surface area (Å²) < 4.78 is 44.4. The molecule has 11 heteroatoms. The van der Waals surface area contributed by atoms with Crippen molar-refractivity contribution in [1.29, 1.82) is 0 Å². The minimum atomic E-state index is -5.08. The molecule has 1 saturated heterocycles. The van der Waals surface area contributed by atoms with Gasteiger partial charge in [0.05, 0.1) is 12.4 Å². The van der Waals surface area contributed by atoms with Crippen molar-refractivity contribution in [2.24, 2.45) is 5.92 Å². The third-order valence-electron chi connectivity index (χ3n) is 3.21. The summed E-state index contributed by atoms with van der Waals surface area (Å²) >= 11 is 0. The zero-order valence-corrected chi connectivity index (χ0v) is 12.3. The average molecular weight is 353 g/mol.